The Hall–Kier alpha value is -2.86. The van der Waals surface area contributed by atoms with Gasteiger partial charge in [-0.05, 0) is 23.3 Å². The fourth-order valence-corrected chi connectivity index (χ4v) is 3.54. The first-order valence-corrected chi connectivity index (χ1v) is 8.14. The molecule has 1 saturated heterocycles. The van der Waals surface area contributed by atoms with Gasteiger partial charge in [0.05, 0.1) is 6.54 Å². The van der Waals surface area contributed by atoms with Crippen molar-refractivity contribution in [2.75, 3.05) is 6.54 Å². The summed E-state index contributed by atoms with van der Waals surface area (Å²) in [6.07, 6.45) is 0. The van der Waals surface area contributed by atoms with Crippen LogP contribution in [-0.2, 0) is 16.9 Å². The SMILES string of the molecule is O=C1NC(=O)[C@](CN2Cc3ccc(Cl)cc3C2=O)(c2ccccc2)N1. The van der Waals surface area contributed by atoms with E-state index in [0.29, 0.717) is 22.7 Å². The van der Waals surface area contributed by atoms with Crippen LogP contribution < -0.4 is 10.6 Å². The minimum Gasteiger partial charge on any atom is -0.331 e. The number of fused-ring (bicyclic) bond motifs is 1. The van der Waals surface area contributed by atoms with Gasteiger partial charge in [-0.1, -0.05) is 48.0 Å². The molecule has 1 fully saturated rings. The molecule has 4 amide bonds. The van der Waals surface area contributed by atoms with Crippen molar-refractivity contribution in [1.82, 2.24) is 15.5 Å². The summed E-state index contributed by atoms with van der Waals surface area (Å²) in [6, 6.07) is 13.5. The van der Waals surface area contributed by atoms with Crippen LogP contribution >= 0.6 is 11.6 Å². The number of carbonyl (C=O) groups excluding carboxylic acids is 3. The fourth-order valence-electron chi connectivity index (χ4n) is 3.37. The normalized spacial score (nSPS) is 22.0. The third kappa shape index (κ3) is 2.46. The van der Waals surface area contributed by atoms with Crippen molar-refractivity contribution in [1.29, 1.82) is 0 Å². The maximum Gasteiger partial charge on any atom is 0.322 e. The highest BCUT2D eigenvalue weighted by atomic mass is 35.5. The van der Waals surface area contributed by atoms with E-state index in [9.17, 15) is 14.4 Å². The second-order valence-corrected chi connectivity index (χ2v) is 6.58. The molecule has 0 aliphatic carbocycles. The maximum absolute atomic E-state index is 12.7. The zero-order valence-electron chi connectivity index (χ0n) is 13.1. The average Bonchev–Trinajstić information content (AvgIpc) is 3.06. The Morgan fingerprint density at radius 1 is 1.08 bits per heavy atom. The molecular formula is C18H14ClN3O3. The molecule has 2 heterocycles. The van der Waals surface area contributed by atoms with Gasteiger partial charge >= 0.3 is 6.03 Å². The molecule has 0 spiro atoms. The number of halogens is 1. The van der Waals surface area contributed by atoms with Gasteiger partial charge in [-0.2, -0.15) is 0 Å². The van der Waals surface area contributed by atoms with E-state index >= 15 is 0 Å². The van der Waals surface area contributed by atoms with Gasteiger partial charge < -0.3 is 10.2 Å². The zero-order valence-corrected chi connectivity index (χ0v) is 13.8. The van der Waals surface area contributed by atoms with Crippen molar-refractivity contribution >= 4 is 29.4 Å². The Labute approximate surface area is 148 Å². The van der Waals surface area contributed by atoms with Crippen molar-refractivity contribution < 1.29 is 14.4 Å². The average molecular weight is 356 g/mol. The van der Waals surface area contributed by atoms with Crippen LogP contribution in [0.1, 0.15) is 21.5 Å². The minimum atomic E-state index is -1.31. The van der Waals surface area contributed by atoms with Gasteiger partial charge in [0.25, 0.3) is 11.8 Å². The molecule has 0 saturated carbocycles. The number of benzene rings is 2. The van der Waals surface area contributed by atoms with Gasteiger partial charge in [-0.15, -0.1) is 0 Å². The van der Waals surface area contributed by atoms with Crippen molar-refractivity contribution in [3.63, 3.8) is 0 Å². The minimum absolute atomic E-state index is 0.0414. The van der Waals surface area contributed by atoms with Crippen LogP contribution in [0.5, 0.6) is 0 Å². The second kappa shape index (κ2) is 5.60. The first-order valence-electron chi connectivity index (χ1n) is 7.76. The predicted octanol–water partition coefficient (Wildman–Crippen LogP) is 2.03. The lowest BCUT2D eigenvalue weighted by atomic mass is 9.89. The summed E-state index contributed by atoms with van der Waals surface area (Å²) >= 11 is 5.98. The Bertz CT molecular complexity index is 900. The topological polar surface area (TPSA) is 78.5 Å². The van der Waals surface area contributed by atoms with Crippen LogP contribution in [0.25, 0.3) is 0 Å². The molecule has 0 unspecified atom stereocenters. The third-order valence-corrected chi connectivity index (χ3v) is 4.82. The number of hydrogen-bond acceptors (Lipinski definition) is 3. The lowest BCUT2D eigenvalue weighted by molar-refractivity contribution is -0.124. The molecular weight excluding hydrogens is 342 g/mol. The molecule has 0 bridgehead atoms. The van der Waals surface area contributed by atoms with Crippen LogP contribution in [0.2, 0.25) is 5.02 Å². The van der Waals surface area contributed by atoms with Crippen LogP contribution in [0.15, 0.2) is 48.5 Å². The third-order valence-electron chi connectivity index (χ3n) is 4.59. The summed E-state index contributed by atoms with van der Waals surface area (Å²) in [5.41, 5.74) is 0.697. The monoisotopic (exact) mass is 355 g/mol. The number of urea groups is 1. The Kier molecular flexibility index (Phi) is 3.51. The van der Waals surface area contributed by atoms with Gasteiger partial charge in [0, 0.05) is 17.1 Å². The summed E-state index contributed by atoms with van der Waals surface area (Å²) in [7, 11) is 0. The standard InChI is InChI=1S/C18H14ClN3O3/c19-13-7-6-11-9-22(15(23)14(11)8-13)10-18(12-4-2-1-3-5-12)16(24)20-17(25)21-18/h1-8H,9-10H2,(H2,20,21,24,25)/t18-/m0/s1. The van der Waals surface area contributed by atoms with Gasteiger partial charge in [0.15, 0.2) is 5.54 Å². The van der Waals surface area contributed by atoms with Gasteiger partial charge in [-0.3, -0.25) is 14.9 Å². The van der Waals surface area contributed by atoms with Crippen LogP contribution in [-0.4, -0.2) is 29.3 Å². The van der Waals surface area contributed by atoms with Crippen molar-refractivity contribution in [3.05, 3.63) is 70.2 Å². The van der Waals surface area contributed by atoms with Crippen LogP contribution in [0.4, 0.5) is 4.79 Å². The summed E-state index contributed by atoms with van der Waals surface area (Å²) < 4.78 is 0. The molecule has 2 aliphatic heterocycles. The largest absolute Gasteiger partial charge is 0.331 e. The van der Waals surface area contributed by atoms with E-state index in [1.165, 1.54) is 0 Å². The Morgan fingerprint density at radius 2 is 1.84 bits per heavy atom. The summed E-state index contributed by atoms with van der Waals surface area (Å²) in [6.45, 7) is 0.406. The molecule has 25 heavy (non-hydrogen) atoms. The molecule has 6 nitrogen and oxygen atoms in total. The first kappa shape index (κ1) is 15.7. The van der Waals surface area contributed by atoms with Crippen LogP contribution in [0.3, 0.4) is 0 Å². The number of nitrogens with zero attached hydrogens (tertiary/aromatic N) is 1. The number of hydrogen-bond donors (Lipinski definition) is 2. The van der Waals surface area contributed by atoms with Crippen molar-refractivity contribution in [2.24, 2.45) is 0 Å². The van der Waals surface area contributed by atoms with Crippen molar-refractivity contribution in [3.8, 4) is 0 Å². The molecule has 2 N–H and O–H groups in total. The van der Waals surface area contributed by atoms with E-state index in [4.69, 9.17) is 11.6 Å². The fraction of sp³-hybridized carbons (Fsp3) is 0.167. The number of imide groups is 1. The molecule has 7 heteroatoms. The van der Waals surface area contributed by atoms with E-state index < -0.39 is 17.5 Å². The summed E-state index contributed by atoms with van der Waals surface area (Å²) in [4.78, 5) is 38.6. The number of rotatable bonds is 3. The zero-order chi connectivity index (χ0) is 17.6. The highest BCUT2D eigenvalue weighted by Crippen LogP contribution is 2.31. The Morgan fingerprint density at radius 3 is 2.52 bits per heavy atom. The summed E-state index contributed by atoms with van der Waals surface area (Å²) in [5, 5.41) is 5.46. The first-order chi connectivity index (χ1) is 12.0. The molecule has 1 atom stereocenters. The highest BCUT2D eigenvalue weighted by Gasteiger charge is 2.50. The lowest BCUT2D eigenvalue weighted by Crippen LogP contribution is -2.52. The number of amides is 4. The molecule has 0 radical (unpaired) electrons. The predicted molar refractivity (Wildman–Crippen MR) is 91.0 cm³/mol. The molecule has 0 aromatic heterocycles. The van der Waals surface area contributed by atoms with Gasteiger partial charge in [0.2, 0.25) is 0 Å². The van der Waals surface area contributed by atoms with E-state index in [-0.39, 0.29) is 12.5 Å². The lowest BCUT2D eigenvalue weighted by Gasteiger charge is -2.31. The Balaban J connectivity index is 1.71. The van der Waals surface area contributed by atoms with Crippen molar-refractivity contribution in [2.45, 2.75) is 12.1 Å². The molecule has 2 aromatic carbocycles. The highest BCUT2D eigenvalue weighted by molar-refractivity contribution is 6.31. The van der Waals surface area contributed by atoms with E-state index in [1.807, 2.05) is 6.07 Å². The number of nitrogens with one attached hydrogen (secondary N) is 2. The molecule has 4 rings (SSSR count). The summed E-state index contributed by atoms with van der Waals surface area (Å²) in [5.74, 6) is -0.674. The quantitative estimate of drug-likeness (QED) is 0.827. The molecule has 2 aromatic rings. The second-order valence-electron chi connectivity index (χ2n) is 6.14. The van der Waals surface area contributed by atoms with E-state index in [0.717, 1.165) is 5.56 Å². The van der Waals surface area contributed by atoms with E-state index in [2.05, 4.69) is 10.6 Å². The molecule has 126 valence electrons. The van der Waals surface area contributed by atoms with E-state index in [1.54, 1.807) is 47.4 Å². The van der Waals surface area contributed by atoms with Gasteiger partial charge in [0.1, 0.15) is 0 Å². The smallest absolute Gasteiger partial charge is 0.322 e. The van der Waals surface area contributed by atoms with Crippen LogP contribution in [0, 0.1) is 0 Å². The number of carbonyl (C=O) groups is 3. The van der Waals surface area contributed by atoms with Gasteiger partial charge in [-0.25, -0.2) is 4.79 Å². The maximum atomic E-state index is 12.7. The molecule has 2 aliphatic rings.